The Labute approximate surface area is 140 Å². The first-order valence-corrected chi connectivity index (χ1v) is 6.92. The van der Waals surface area contributed by atoms with Crippen LogP contribution >= 0.6 is 0 Å². The first-order chi connectivity index (χ1) is 11.7. The Morgan fingerprint density at radius 3 is 2.12 bits per heavy atom. The minimum atomic E-state index is -4.82. The number of ether oxygens (including phenoxy) is 1. The lowest BCUT2D eigenvalue weighted by Crippen LogP contribution is -2.17. The molecule has 2 N–H and O–H groups in total. The van der Waals surface area contributed by atoms with Gasteiger partial charge in [-0.1, -0.05) is 30.3 Å². The van der Waals surface area contributed by atoms with Crippen LogP contribution in [0.4, 0.5) is 18.9 Å². The fourth-order valence-corrected chi connectivity index (χ4v) is 1.86. The van der Waals surface area contributed by atoms with Gasteiger partial charge in [-0.05, 0) is 24.3 Å². The zero-order chi connectivity index (χ0) is 18.4. The molecular formula is C17H12F3NO4. The lowest BCUT2D eigenvalue weighted by Gasteiger charge is -2.10. The number of allylic oxidation sites excluding steroid dienone is 1. The molecule has 0 bridgehead atoms. The standard InChI is InChI=1S/C17H12F3NO4/c18-17(19,20)25-13-8-6-12(7-9-13)21-14(16(23)24)10-15(22)11-4-2-1-3-5-11/h1-10,21H,(H,23,24)/b14-10+. The van der Waals surface area contributed by atoms with Gasteiger partial charge in [-0.3, -0.25) is 4.79 Å². The molecule has 0 heterocycles. The number of nitrogens with one attached hydrogen (secondary N) is 1. The molecule has 0 fully saturated rings. The Balaban J connectivity index is 2.15. The fourth-order valence-electron chi connectivity index (χ4n) is 1.86. The van der Waals surface area contributed by atoms with Crippen LogP contribution in [0.25, 0.3) is 0 Å². The summed E-state index contributed by atoms with van der Waals surface area (Å²) in [4.78, 5) is 23.3. The highest BCUT2D eigenvalue weighted by atomic mass is 19.4. The molecule has 25 heavy (non-hydrogen) atoms. The number of anilines is 1. The van der Waals surface area contributed by atoms with Crippen LogP contribution < -0.4 is 10.1 Å². The molecule has 0 aliphatic heterocycles. The van der Waals surface area contributed by atoms with Crippen LogP contribution in [0.1, 0.15) is 10.4 Å². The third-order valence-electron chi connectivity index (χ3n) is 2.93. The van der Waals surface area contributed by atoms with Crippen molar-refractivity contribution in [1.29, 1.82) is 0 Å². The fraction of sp³-hybridized carbons (Fsp3) is 0.0588. The van der Waals surface area contributed by atoms with Crippen LogP contribution in [0, 0.1) is 0 Å². The number of halogens is 3. The average molecular weight is 351 g/mol. The van der Waals surface area contributed by atoms with Gasteiger partial charge in [-0.2, -0.15) is 0 Å². The molecule has 0 radical (unpaired) electrons. The van der Waals surface area contributed by atoms with Gasteiger partial charge in [0.05, 0.1) is 0 Å². The third kappa shape index (κ3) is 5.69. The van der Waals surface area contributed by atoms with Crippen LogP contribution in [0.3, 0.4) is 0 Å². The monoisotopic (exact) mass is 351 g/mol. The summed E-state index contributed by atoms with van der Waals surface area (Å²) in [5, 5.41) is 11.7. The van der Waals surface area contributed by atoms with Crippen molar-refractivity contribution in [2.75, 3.05) is 5.32 Å². The van der Waals surface area contributed by atoms with E-state index in [9.17, 15) is 27.9 Å². The Morgan fingerprint density at radius 1 is 1.00 bits per heavy atom. The molecule has 0 saturated heterocycles. The summed E-state index contributed by atoms with van der Waals surface area (Å²) in [5.41, 5.74) is 0.0688. The summed E-state index contributed by atoms with van der Waals surface area (Å²) in [7, 11) is 0. The Morgan fingerprint density at radius 2 is 1.60 bits per heavy atom. The quantitative estimate of drug-likeness (QED) is 0.611. The molecule has 0 spiro atoms. The summed E-state index contributed by atoms with van der Waals surface area (Å²) in [6.45, 7) is 0. The van der Waals surface area contributed by atoms with Crippen LogP contribution in [0.2, 0.25) is 0 Å². The van der Waals surface area contributed by atoms with Gasteiger partial charge >= 0.3 is 12.3 Å². The van der Waals surface area contributed by atoms with Gasteiger partial charge < -0.3 is 15.2 Å². The van der Waals surface area contributed by atoms with E-state index in [1.54, 1.807) is 18.2 Å². The topological polar surface area (TPSA) is 75.6 Å². The summed E-state index contributed by atoms with van der Waals surface area (Å²) in [5.74, 6) is -2.36. The Bertz CT molecular complexity index is 784. The van der Waals surface area contributed by atoms with Crippen LogP contribution in [-0.2, 0) is 4.79 Å². The van der Waals surface area contributed by atoms with Gasteiger partial charge in [0.1, 0.15) is 11.4 Å². The van der Waals surface area contributed by atoms with Gasteiger partial charge in [-0.15, -0.1) is 13.2 Å². The molecule has 0 aliphatic rings. The molecule has 8 heteroatoms. The first-order valence-electron chi connectivity index (χ1n) is 6.92. The average Bonchev–Trinajstić information content (AvgIpc) is 2.55. The Kier molecular flexibility index (Phi) is 5.43. The molecule has 0 saturated carbocycles. The molecule has 0 atom stereocenters. The molecule has 0 unspecified atom stereocenters. The van der Waals surface area contributed by atoms with E-state index in [0.717, 1.165) is 18.2 Å². The maximum atomic E-state index is 12.1. The normalized spacial score (nSPS) is 11.7. The summed E-state index contributed by atoms with van der Waals surface area (Å²) >= 11 is 0. The number of aliphatic carboxylic acids is 1. The van der Waals surface area contributed by atoms with Gasteiger partial charge in [0.15, 0.2) is 5.78 Å². The van der Waals surface area contributed by atoms with E-state index in [4.69, 9.17) is 0 Å². The molecule has 0 amide bonds. The summed E-state index contributed by atoms with van der Waals surface area (Å²) < 4.78 is 40.0. The second-order valence-corrected chi connectivity index (χ2v) is 4.79. The number of carbonyl (C=O) groups is 2. The summed E-state index contributed by atoms with van der Waals surface area (Å²) in [6.07, 6.45) is -3.92. The highest BCUT2D eigenvalue weighted by molar-refractivity contribution is 6.09. The second-order valence-electron chi connectivity index (χ2n) is 4.79. The number of carboxylic acid groups (broad SMARTS) is 1. The molecule has 0 aromatic heterocycles. The van der Waals surface area contributed by atoms with Crippen molar-refractivity contribution >= 4 is 17.4 Å². The van der Waals surface area contributed by atoms with Gasteiger partial charge in [0.25, 0.3) is 0 Å². The lowest BCUT2D eigenvalue weighted by atomic mass is 10.1. The van der Waals surface area contributed by atoms with Gasteiger partial charge in [-0.25, -0.2) is 4.79 Å². The minimum Gasteiger partial charge on any atom is -0.477 e. The highest BCUT2D eigenvalue weighted by Gasteiger charge is 2.30. The predicted octanol–water partition coefficient (Wildman–Crippen LogP) is 3.85. The van der Waals surface area contributed by atoms with E-state index in [1.807, 2.05) is 0 Å². The number of carboxylic acids is 1. The van der Waals surface area contributed by atoms with Crippen LogP contribution in [0.5, 0.6) is 5.75 Å². The van der Waals surface area contributed by atoms with Crippen LogP contribution in [-0.4, -0.2) is 23.2 Å². The number of hydrogen-bond donors (Lipinski definition) is 2. The highest BCUT2D eigenvalue weighted by Crippen LogP contribution is 2.24. The largest absolute Gasteiger partial charge is 0.573 e. The van der Waals surface area contributed by atoms with E-state index < -0.39 is 29.6 Å². The first kappa shape index (κ1) is 18.1. The second kappa shape index (κ2) is 7.52. The van der Waals surface area contributed by atoms with E-state index in [1.165, 1.54) is 24.3 Å². The Hall–Kier alpha value is -3.29. The number of ketones is 1. The molecule has 130 valence electrons. The maximum Gasteiger partial charge on any atom is 0.573 e. The zero-order valence-corrected chi connectivity index (χ0v) is 12.6. The number of hydrogen-bond acceptors (Lipinski definition) is 4. The van der Waals surface area contributed by atoms with Crippen molar-refractivity contribution in [1.82, 2.24) is 0 Å². The molecule has 0 aliphatic carbocycles. The predicted molar refractivity (Wildman–Crippen MR) is 83.2 cm³/mol. The van der Waals surface area contributed by atoms with Crippen molar-refractivity contribution in [2.24, 2.45) is 0 Å². The maximum absolute atomic E-state index is 12.1. The van der Waals surface area contributed by atoms with E-state index in [-0.39, 0.29) is 5.69 Å². The van der Waals surface area contributed by atoms with E-state index in [2.05, 4.69) is 10.1 Å². The van der Waals surface area contributed by atoms with Crippen molar-refractivity contribution in [3.05, 3.63) is 71.9 Å². The lowest BCUT2D eigenvalue weighted by molar-refractivity contribution is -0.274. The number of rotatable bonds is 6. The van der Waals surface area contributed by atoms with Crippen molar-refractivity contribution < 1.29 is 32.6 Å². The molecule has 2 aromatic rings. The SMILES string of the molecule is O=C(O)/C(=C\C(=O)c1ccccc1)Nc1ccc(OC(F)(F)F)cc1. The number of carbonyl (C=O) groups excluding carboxylic acids is 1. The minimum absolute atomic E-state index is 0.184. The number of alkyl halides is 3. The van der Waals surface area contributed by atoms with E-state index in [0.29, 0.717) is 5.56 Å². The van der Waals surface area contributed by atoms with Gasteiger partial charge in [0, 0.05) is 17.3 Å². The zero-order valence-electron chi connectivity index (χ0n) is 12.6. The van der Waals surface area contributed by atoms with Gasteiger partial charge in [0.2, 0.25) is 0 Å². The molecule has 2 rings (SSSR count). The molecule has 5 nitrogen and oxygen atoms in total. The van der Waals surface area contributed by atoms with Crippen molar-refractivity contribution in [3.63, 3.8) is 0 Å². The smallest absolute Gasteiger partial charge is 0.477 e. The third-order valence-corrected chi connectivity index (χ3v) is 2.93. The van der Waals surface area contributed by atoms with Crippen molar-refractivity contribution in [3.8, 4) is 5.75 Å². The van der Waals surface area contributed by atoms with E-state index >= 15 is 0 Å². The molecule has 2 aromatic carbocycles. The van der Waals surface area contributed by atoms with Crippen molar-refractivity contribution in [2.45, 2.75) is 6.36 Å². The van der Waals surface area contributed by atoms with Crippen LogP contribution in [0.15, 0.2) is 66.4 Å². The molecular weight excluding hydrogens is 339 g/mol. The summed E-state index contributed by atoms with van der Waals surface area (Å²) in [6, 6.07) is 12.5. The number of benzene rings is 2.